The van der Waals surface area contributed by atoms with Gasteiger partial charge in [-0.2, -0.15) is 28.2 Å². The molecule has 0 spiro atoms. The molecule has 1 fully saturated rings. The van der Waals surface area contributed by atoms with Gasteiger partial charge in [-0.05, 0) is 40.7 Å². The van der Waals surface area contributed by atoms with Crippen molar-refractivity contribution >= 4 is 0 Å². The second kappa shape index (κ2) is 14.0. The van der Waals surface area contributed by atoms with Gasteiger partial charge in [-0.1, -0.05) is 52.0 Å². The third-order valence-corrected chi connectivity index (χ3v) is 5.21. The van der Waals surface area contributed by atoms with Gasteiger partial charge in [0.1, 0.15) is 0 Å². The Balaban J connectivity index is 0. The van der Waals surface area contributed by atoms with Crippen LogP contribution in [0.1, 0.15) is 44.7 Å². The molecular formula is C20H36N2OTi+. The van der Waals surface area contributed by atoms with Crippen LogP contribution >= 0.6 is 0 Å². The molecule has 0 amide bonds. The minimum atomic E-state index is 0. The monoisotopic (exact) mass is 368 g/mol. The van der Waals surface area contributed by atoms with Crippen LogP contribution in [0.25, 0.3) is 10.6 Å². The smallest absolute Gasteiger partial charge is 0.668 e. The van der Waals surface area contributed by atoms with Crippen LogP contribution in [-0.2, 0) is 28.3 Å². The van der Waals surface area contributed by atoms with Gasteiger partial charge in [-0.3, -0.25) is 0 Å². The second-order valence-corrected chi connectivity index (χ2v) is 6.71. The predicted octanol–water partition coefficient (Wildman–Crippen LogP) is 5.06. The fourth-order valence-corrected chi connectivity index (χ4v) is 3.66. The summed E-state index contributed by atoms with van der Waals surface area (Å²) in [4.78, 5) is 0. The number of rotatable bonds is 2. The Morgan fingerprint density at radius 2 is 1.17 bits per heavy atom. The summed E-state index contributed by atoms with van der Waals surface area (Å²) in [7, 11) is 7.00. The van der Waals surface area contributed by atoms with E-state index < -0.39 is 0 Å². The van der Waals surface area contributed by atoms with Crippen LogP contribution in [0.3, 0.4) is 0 Å². The van der Waals surface area contributed by atoms with Crippen molar-refractivity contribution in [3.63, 3.8) is 0 Å². The largest absolute Gasteiger partial charge is 3.00 e. The molecule has 0 heterocycles. The zero-order valence-corrected chi connectivity index (χ0v) is 18.3. The molecule has 3 nitrogen and oxygen atoms in total. The van der Waals surface area contributed by atoms with E-state index in [9.17, 15) is 5.11 Å². The van der Waals surface area contributed by atoms with E-state index in [1.54, 1.807) is 28.2 Å². The molecule has 24 heavy (non-hydrogen) atoms. The van der Waals surface area contributed by atoms with Crippen molar-refractivity contribution in [2.75, 3.05) is 28.2 Å². The molecular weight excluding hydrogens is 332 g/mol. The van der Waals surface area contributed by atoms with Crippen molar-refractivity contribution < 1.29 is 26.8 Å². The molecule has 135 valence electrons. The Kier molecular flexibility index (Phi) is 15.2. The topological polar surface area (TPSA) is 48.4 Å². The molecule has 1 radical (unpaired) electrons. The van der Waals surface area contributed by atoms with Crippen LogP contribution in [0, 0.1) is 23.7 Å². The average molecular weight is 368 g/mol. The van der Waals surface area contributed by atoms with Gasteiger partial charge in [0.2, 0.25) is 0 Å². The van der Waals surface area contributed by atoms with Gasteiger partial charge >= 0.3 is 21.7 Å². The third kappa shape index (κ3) is 6.97. The maximum atomic E-state index is 9.48. The van der Waals surface area contributed by atoms with E-state index in [1.807, 2.05) is 6.07 Å². The van der Waals surface area contributed by atoms with Gasteiger partial charge in [0, 0.05) is 0 Å². The SMILES string of the molecule is CC1C(C)C(C)C(c2ccccc2CO)C1C.C[N-]C.C[N-]C.[Ti+3]. The summed E-state index contributed by atoms with van der Waals surface area (Å²) in [5.74, 6) is 3.53. The molecule has 0 saturated heterocycles. The first-order valence-corrected chi connectivity index (χ1v) is 8.55. The van der Waals surface area contributed by atoms with Crippen molar-refractivity contribution in [3.8, 4) is 0 Å². The van der Waals surface area contributed by atoms with Crippen LogP contribution < -0.4 is 0 Å². The normalized spacial score (nSPS) is 28.0. The van der Waals surface area contributed by atoms with Crippen LogP contribution in [-0.4, -0.2) is 33.3 Å². The third-order valence-electron chi connectivity index (χ3n) is 5.21. The number of nitrogens with zero attached hydrogens (tertiary/aromatic N) is 2. The van der Waals surface area contributed by atoms with Crippen LogP contribution in [0.2, 0.25) is 0 Å². The van der Waals surface area contributed by atoms with Gasteiger partial charge in [0.05, 0.1) is 6.61 Å². The van der Waals surface area contributed by atoms with E-state index in [-0.39, 0.29) is 28.3 Å². The molecule has 2 rings (SSSR count). The van der Waals surface area contributed by atoms with Gasteiger partial charge in [0.15, 0.2) is 0 Å². The molecule has 4 heteroatoms. The number of aliphatic hydroxyl groups is 1. The second-order valence-electron chi connectivity index (χ2n) is 6.71. The van der Waals surface area contributed by atoms with Gasteiger partial charge in [-0.15, -0.1) is 0 Å². The maximum absolute atomic E-state index is 9.48. The molecule has 1 aromatic rings. The van der Waals surface area contributed by atoms with Gasteiger partial charge < -0.3 is 15.7 Å². The van der Waals surface area contributed by atoms with Crippen LogP contribution in [0.15, 0.2) is 24.3 Å². The minimum Gasteiger partial charge on any atom is -0.668 e. The maximum Gasteiger partial charge on any atom is 3.00 e. The number of hydrogen-bond donors (Lipinski definition) is 1. The van der Waals surface area contributed by atoms with Crippen molar-refractivity contribution in [2.24, 2.45) is 23.7 Å². The Morgan fingerprint density at radius 1 is 0.792 bits per heavy atom. The molecule has 1 aliphatic rings. The summed E-state index contributed by atoms with van der Waals surface area (Å²) in [5.41, 5.74) is 2.48. The average Bonchev–Trinajstić information content (AvgIpc) is 2.73. The summed E-state index contributed by atoms with van der Waals surface area (Å²) in [6, 6.07) is 8.38. The first-order chi connectivity index (χ1) is 10.9. The Bertz CT molecular complexity index is 412. The van der Waals surface area contributed by atoms with E-state index in [0.717, 1.165) is 17.4 Å². The number of aliphatic hydroxyl groups excluding tert-OH is 1. The predicted molar refractivity (Wildman–Crippen MR) is 102 cm³/mol. The summed E-state index contributed by atoms with van der Waals surface area (Å²) < 4.78 is 0. The Labute approximate surface area is 164 Å². The standard InChI is InChI=1S/C16H24O.2C2H6N.Ti/c1-10-11(2)13(4)16(12(10)3)15-8-6-5-7-14(15)9-17;2*1-3-2;/h5-8,10-13,16-17H,9H2,1-4H3;2*1-2H3;/q;2*-1;+3. The molecule has 1 aliphatic carbocycles. The molecule has 0 aromatic heterocycles. The summed E-state index contributed by atoms with van der Waals surface area (Å²) in [6.07, 6.45) is 0. The van der Waals surface area contributed by atoms with Gasteiger partial charge in [-0.25, -0.2) is 0 Å². The van der Waals surface area contributed by atoms with E-state index >= 15 is 0 Å². The Hall–Kier alpha value is -0.186. The van der Waals surface area contributed by atoms with Crippen molar-refractivity contribution in [1.29, 1.82) is 0 Å². The molecule has 4 unspecified atom stereocenters. The van der Waals surface area contributed by atoms with Gasteiger partial charge in [0.25, 0.3) is 0 Å². The van der Waals surface area contributed by atoms with E-state index in [0.29, 0.717) is 17.8 Å². The molecule has 1 saturated carbocycles. The molecule has 0 aliphatic heterocycles. The zero-order valence-electron chi connectivity index (χ0n) is 16.7. The quantitative estimate of drug-likeness (QED) is 0.729. The summed E-state index contributed by atoms with van der Waals surface area (Å²) in [6.45, 7) is 9.63. The van der Waals surface area contributed by atoms with E-state index in [4.69, 9.17) is 0 Å². The van der Waals surface area contributed by atoms with Crippen molar-refractivity contribution in [1.82, 2.24) is 0 Å². The fraction of sp³-hybridized carbons (Fsp3) is 0.700. The molecule has 4 atom stereocenters. The van der Waals surface area contributed by atoms with Crippen molar-refractivity contribution in [3.05, 3.63) is 46.0 Å². The van der Waals surface area contributed by atoms with Crippen molar-refractivity contribution in [2.45, 2.75) is 40.2 Å². The molecule has 1 aromatic carbocycles. The zero-order chi connectivity index (χ0) is 18.0. The van der Waals surface area contributed by atoms with Crippen LogP contribution in [0.5, 0.6) is 0 Å². The summed E-state index contributed by atoms with van der Waals surface area (Å²) >= 11 is 0. The number of hydrogen-bond acceptors (Lipinski definition) is 1. The summed E-state index contributed by atoms with van der Waals surface area (Å²) in [5, 5.41) is 16.5. The fourth-order valence-electron chi connectivity index (χ4n) is 3.66. The molecule has 1 N–H and O–H groups in total. The molecule has 0 bridgehead atoms. The number of benzene rings is 1. The first-order valence-electron chi connectivity index (χ1n) is 8.55. The Morgan fingerprint density at radius 3 is 1.54 bits per heavy atom. The minimum absolute atomic E-state index is 0. The van der Waals surface area contributed by atoms with E-state index in [2.05, 4.69) is 56.5 Å². The van der Waals surface area contributed by atoms with Crippen LogP contribution in [0.4, 0.5) is 0 Å². The first kappa shape index (κ1) is 26.0. The van der Waals surface area contributed by atoms with E-state index in [1.165, 1.54) is 5.56 Å².